The van der Waals surface area contributed by atoms with Gasteiger partial charge in [-0.3, -0.25) is 4.79 Å². The van der Waals surface area contributed by atoms with E-state index in [1.165, 1.54) is 12.4 Å². The molecule has 7 heteroatoms. The van der Waals surface area contributed by atoms with Crippen LogP contribution in [-0.4, -0.2) is 40.0 Å². The molecule has 0 spiro atoms. The van der Waals surface area contributed by atoms with Crippen LogP contribution in [0, 0.1) is 11.3 Å². The van der Waals surface area contributed by atoms with E-state index < -0.39 is 0 Å². The van der Waals surface area contributed by atoms with Gasteiger partial charge in [0.1, 0.15) is 12.2 Å². The quantitative estimate of drug-likeness (QED) is 0.858. The third-order valence-corrected chi connectivity index (χ3v) is 4.56. The Morgan fingerprint density at radius 3 is 3.13 bits per heavy atom. The minimum Gasteiger partial charge on any atom is -0.470 e. The van der Waals surface area contributed by atoms with Crippen molar-refractivity contribution in [3.8, 4) is 11.9 Å². The Bertz CT molecular complexity index is 711. The van der Waals surface area contributed by atoms with Crippen LogP contribution in [0.5, 0.6) is 5.88 Å². The SMILES string of the molecule is N#Cc1nccnc1O[C@H]1CCCN(C(=O)Cc2cccs2)C1. The lowest BCUT2D eigenvalue weighted by atomic mass is 10.1. The normalized spacial score (nSPS) is 17.5. The number of ether oxygens (including phenoxy) is 1. The maximum atomic E-state index is 12.4. The number of nitriles is 1. The standard InChI is InChI=1S/C16H16N4O2S/c17-10-14-16(19-6-5-18-14)22-12-3-1-7-20(11-12)15(21)9-13-4-2-8-23-13/h2,4-6,8,12H,1,3,7,9,11H2/t12-/m0/s1. The molecule has 1 aliphatic rings. The average Bonchev–Trinajstić information content (AvgIpc) is 3.08. The zero-order chi connectivity index (χ0) is 16.1. The van der Waals surface area contributed by atoms with Crippen LogP contribution in [-0.2, 0) is 11.2 Å². The minimum atomic E-state index is -0.153. The Balaban J connectivity index is 1.62. The summed E-state index contributed by atoms with van der Waals surface area (Å²) in [6, 6.07) is 5.89. The monoisotopic (exact) mass is 328 g/mol. The number of aromatic nitrogens is 2. The molecule has 3 heterocycles. The predicted octanol–water partition coefficient (Wildman–Crippen LogP) is 2.02. The highest BCUT2D eigenvalue weighted by molar-refractivity contribution is 7.10. The molecular weight excluding hydrogens is 312 g/mol. The number of hydrogen-bond acceptors (Lipinski definition) is 6. The van der Waals surface area contributed by atoms with Gasteiger partial charge in [0.05, 0.1) is 13.0 Å². The summed E-state index contributed by atoms with van der Waals surface area (Å²) in [5, 5.41) is 11.0. The largest absolute Gasteiger partial charge is 0.470 e. The van der Waals surface area contributed by atoms with E-state index in [0.717, 1.165) is 24.3 Å². The van der Waals surface area contributed by atoms with Crippen LogP contribution in [0.3, 0.4) is 0 Å². The maximum absolute atomic E-state index is 12.4. The van der Waals surface area contributed by atoms with Gasteiger partial charge in [-0.15, -0.1) is 11.3 Å². The van der Waals surface area contributed by atoms with E-state index in [-0.39, 0.29) is 23.6 Å². The Kier molecular flexibility index (Phi) is 4.83. The molecule has 3 rings (SSSR count). The summed E-state index contributed by atoms with van der Waals surface area (Å²) in [7, 11) is 0. The molecule has 1 fully saturated rings. The number of piperidine rings is 1. The van der Waals surface area contributed by atoms with Crippen LogP contribution >= 0.6 is 11.3 Å². The second-order valence-corrected chi connectivity index (χ2v) is 6.33. The number of hydrogen-bond donors (Lipinski definition) is 0. The number of carbonyl (C=O) groups excluding carboxylic acids is 1. The van der Waals surface area contributed by atoms with Gasteiger partial charge < -0.3 is 9.64 Å². The fraction of sp³-hybridized carbons (Fsp3) is 0.375. The fourth-order valence-corrected chi connectivity index (χ4v) is 3.28. The van der Waals surface area contributed by atoms with Gasteiger partial charge in [-0.1, -0.05) is 6.07 Å². The first-order valence-electron chi connectivity index (χ1n) is 7.44. The van der Waals surface area contributed by atoms with Crippen molar-refractivity contribution < 1.29 is 9.53 Å². The molecule has 118 valence electrons. The van der Waals surface area contributed by atoms with Gasteiger partial charge in [-0.2, -0.15) is 5.26 Å². The molecule has 0 unspecified atom stereocenters. The summed E-state index contributed by atoms with van der Waals surface area (Å²) in [6.45, 7) is 1.27. The van der Waals surface area contributed by atoms with Gasteiger partial charge in [-0.25, -0.2) is 9.97 Å². The number of likely N-dealkylation sites (tertiary alicyclic amines) is 1. The predicted molar refractivity (Wildman–Crippen MR) is 85.0 cm³/mol. The summed E-state index contributed by atoms with van der Waals surface area (Å²) in [5.74, 6) is 0.355. The molecule has 0 bridgehead atoms. The van der Waals surface area contributed by atoms with Gasteiger partial charge in [-0.05, 0) is 24.3 Å². The van der Waals surface area contributed by atoms with Crippen molar-refractivity contribution in [3.05, 3.63) is 40.5 Å². The molecule has 6 nitrogen and oxygen atoms in total. The lowest BCUT2D eigenvalue weighted by molar-refractivity contribution is -0.133. The van der Waals surface area contributed by atoms with E-state index >= 15 is 0 Å². The summed E-state index contributed by atoms with van der Waals surface area (Å²) >= 11 is 1.59. The van der Waals surface area contributed by atoms with E-state index in [1.54, 1.807) is 11.3 Å². The molecule has 0 radical (unpaired) electrons. The third kappa shape index (κ3) is 3.85. The Morgan fingerprint density at radius 1 is 1.48 bits per heavy atom. The molecule has 1 aliphatic heterocycles. The number of nitrogens with zero attached hydrogens (tertiary/aromatic N) is 4. The summed E-state index contributed by atoms with van der Waals surface area (Å²) in [4.78, 5) is 23.3. The van der Waals surface area contributed by atoms with Crippen molar-refractivity contribution in [2.75, 3.05) is 13.1 Å². The molecule has 0 N–H and O–H groups in total. The molecule has 0 aromatic carbocycles. The van der Waals surface area contributed by atoms with Crippen LogP contribution in [0.15, 0.2) is 29.9 Å². The van der Waals surface area contributed by atoms with Gasteiger partial charge in [0, 0.05) is 23.8 Å². The third-order valence-electron chi connectivity index (χ3n) is 3.69. The molecule has 1 amide bonds. The zero-order valence-corrected chi connectivity index (χ0v) is 13.3. The van der Waals surface area contributed by atoms with Crippen LogP contribution in [0.1, 0.15) is 23.4 Å². The number of rotatable bonds is 4. The number of carbonyl (C=O) groups is 1. The first kappa shape index (κ1) is 15.4. The van der Waals surface area contributed by atoms with E-state index in [0.29, 0.717) is 13.0 Å². The lowest BCUT2D eigenvalue weighted by Gasteiger charge is -2.32. The minimum absolute atomic E-state index is 0.111. The zero-order valence-electron chi connectivity index (χ0n) is 12.5. The van der Waals surface area contributed by atoms with Crippen LogP contribution < -0.4 is 4.74 Å². The second kappa shape index (κ2) is 7.20. The highest BCUT2D eigenvalue weighted by Gasteiger charge is 2.26. The van der Waals surface area contributed by atoms with Crippen molar-refractivity contribution in [3.63, 3.8) is 0 Å². The van der Waals surface area contributed by atoms with Crippen LogP contribution in [0.4, 0.5) is 0 Å². The van der Waals surface area contributed by atoms with Crippen molar-refractivity contribution in [1.29, 1.82) is 5.26 Å². The Hall–Kier alpha value is -2.46. The van der Waals surface area contributed by atoms with Crippen LogP contribution in [0.2, 0.25) is 0 Å². The van der Waals surface area contributed by atoms with Crippen molar-refractivity contribution >= 4 is 17.2 Å². The highest BCUT2D eigenvalue weighted by atomic mass is 32.1. The van der Waals surface area contributed by atoms with E-state index in [2.05, 4.69) is 9.97 Å². The highest BCUT2D eigenvalue weighted by Crippen LogP contribution is 2.20. The van der Waals surface area contributed by atoms with E-state index in [9.17, 15) is 4.79 Å². The molecule has 2 aromatic rings. The van der Waals surface area contributed by atoms with Crippen LogP contribution in [0.25, 0.3) is 0 Å². The molecular formula is C16H16N4O2S. The van der Waals surface area contributed by atoms with Gasteiger partial charge in [0.25, 0.3) is 5.88 Å². The molecule has 1 atom stereocenters. The fourth-order valence-electron chi connectivity index (χ4n) is 2.58. The summed E-state index contributed by atoms with van der Waals surface area (Å²) in [5.41, 5.74) is 0.175. The first-order chi connectivity index (χ1) is 11.3. The Labute approximate surface area is 138 Å². The van der Waals surface area contributed by atoms with E-state index in [4.69, 9.17) is 10.00 Å². The number of thiophene rings is 1. The second-order valence-electron chi connectivity index (χ2n) is 5.30. The van der Waals surface area contributed by atoms with Crippen molar-refractivity contribution in [2.24, 2.45) is 0 Å². The lowest BCUT2D eigenvalue weighted by Crippen LogP contribution is -2.45. The van der Waals surface area contributed by atoms with Gasteiger partial charge in [0.2, 0.25) is 11.6 Å². The molecule has 1 saturated heterocycles. The molecule has 0 saturated carbocycles. The first-order valence-corrected chi connectivity index (χ1v) is 8.32. The molecule has 0 aliphatic carbocycles. The smallest absolute Gasteiger partial charge is 0.251 e. The maximum Gasteiger partial charge on any atom is 0.251 e. The van der Waals surface area contributed by atoms with Crippen molar-refractivity contribution in [2.45, 2.75) is 25.4 Å². The van der Waals surface area contributed by atoms with Gasteiger partial charge >= 0.3 is 0 Å². The van der Waals surface area contributed by atoms with Gasteiger partial charge in [0.15, 0.2) is 0 Å². The molecule has 23 heavy (non-hydrogen) atoms. The summed E-state index contributed by atoms with van der Waals surface area (Å²) < 4.78 is 5.81. The van der Waals surface area contributed by atoms with Crippen molar-refractivity contribution in [1.82, 2.24) is 14.9 Å². The Morgan fingerprint density at radius 2 is 2.35 bits per heavy atom. The average molecular weight is 328 g/mol. The summed E-state index contributed by atoms with van der Waals surface area (Å²) in [6.07, 6.45) is 4.95. The number of amides is 1. The van der Waals surface area contributed by atoms with E-state index in [1.807, 2.05) is 28.5 Å². The molecule has 2 aromatic heterocycles. The topological polar surface area (TPSA) is 79.1 Å².